The average Bonchev–Trinajstić information content (AvgIpc) is 3.04. The highest BCUT2D eigenvalue weighted by Gasteiger charge is 2.55. The summed E-state index contributed by atoms with van der Waals surface area (Å²) in [6, 6.07) is 5.36. The van der Waals surface area contributed by atoms with Gasteiger partial charge in [0.1, 0.15) is 12.1 Å². The standard InChI is InChI=1S/C25H35N5O4/c1-17-7-6-9-20(19(17)3)26-21(31)15-28-11-13-29(14-12-28)22(32)16-30-23(33)25(27-24(30)34)10-5-4-8-18(25)2/h6-7,9,18H,4-5,8,10-16H2,1-3H3,(H,26,31)(H,27,34)/t18-,25+/m1/s1. The van der Waals surface area contributed by atoms with Gasteiger partial charge < -0.3 is 15.5 Å². The summed E-state index contributed by atoms with van der Waals surface area (Å²) in [5, 5.41) is 5.87. The van der Waals surface area contributed by atoms with Gasteiger partial charge in [-0.15, -0.1) is 0 Å². The fourth-order valence-corrected chi connectivity index (χ4v) is 5.31. The van der Waals surface area contributed by atoms with E-state index in [0.29, 0.717) is 32.6 Å². The van der Waals surface area contributed by atoms with Crippen molar-refractivity contribution in [3.05, 3.63) is 29.3 Å². The van der Waals surface area contributed by atoms with Gasteiger partial charge >= 0.3 is 6.03 Å². The molecule has 184 valence electrons. The van der Waals surface area contributed by atoms with E-state index in [9.17, 15) is 19.2 Å². The van der Waals surface area contributed by atoms with E-state index < -0.39 is 11.6 Å². The van der Waals surface area contributed by atoms with Crippen LogP contribution >= 0.6 is 0 Å². The van der Waals surface area contributed by atoms with Crippen molar-refractivity contribution in [2.45, 2.75) is 52.0 Å². The fraction of sp³-hybridized carbons (Fsp3) is 0.600. The minimum Gasteiger partial charge on any atom is -0.339 e. The number of aryl methyl sites for hydroxylation is 1. The molecule has 1 aromatic carbocycles. The number of anilines is 1. The zero-order chi connectivity index (χ0) is 24.5. The van der Waals surface area contributed by atoms with Gasteiger partial charge in [0.25, 0.3) is 5.91 Å². The molecule has 4 rings (SSSR count). The third-order valence-corrected chi connectivity index (χ3v) is 7.77. The molecule has 1 aromatic rings. The largest absolute Gasteiger partial charge is 0.339 e. The Hall–Kier alpha value is -2.94. The van der Waals surface area contributed by atoms with Gasteiger partial charge in [0, 0.05) is 31.9 Å². The Balaban J connectivity index is 1.27. The van der Waals surface area contributed by atoms with E-state index in [2.05, 4.69) is 10.6 Å². The van der Waals surface area contributed by atoms with Gasteiger partial charge in [-0.25, -0.2) is 4.79 Å². The lowest BCUT2D eigenvalue weighted by Crippen LogP contribution is -2.55. The molecule has 34 heavy (non-hydrogen) atoms. The van der Waals surface area contributed by atoms with Crippen LogP contribution in [0.3, 0.4) is 0 Å². The maximum absolute atomic E-state index is 13.1. The molecule has 5 amide bonds. The molecule has 3 aliphatic rings. The summed E-state index contributed by atoms with van der Waals surface area (Å²) in [5.74, 6) is -0.515. The number of piperazine rings is 1. The number of benzene rings is 1. The first-order valence-corrected chi connectivity index (χ1v) is 12.2. The second-order valence-electron chi connectivity index (χ2n) is 9.89. The third kappa shape index (κ3) is 4.66. The highest BCUT2D eigenvalue weighted by molar-refractivity contribution is 6.09. The Morgan fingerprint density at radius 3 is 2.53 bits per heavy atom. The zero-order valence-electron chi connectivity index (χ0n) is 20.4. The summed E-state index contributed by atoms with van der Waals surface area (Å²) in [6.07, 6.45) is 3.48. The van der Waals surface area contributed by atoms with Gasteiger partial charge in [0.2, 0.25) is 11.8 Å². The molecule has 2 N–H and O–H groups in total. The van der Waals surface area contributed by atoms with Crippen LogP contribution in [0.1, 0.15) is 43.7 Å². The van der Waals surface area contributed by atoms with Crippen molar-refractivity contribution in [2.24, 2.45) is 5.92 Å². The Morgan fingerprint density at radius 1 is 1.09 bits per heavy atom. The number of rotatable bonds is 5. The monoisotopic (exact) mass is 469 g/mol. The Labute approximate surface area is 200 Å². The van der Waals surface area contributed by atoms with E-state index in [4.69, 9.17) is 0 Å². The van der Waals surface area contributed by atoms with Crippen LogP contribution in [0.15, 0.2) is 18.2 Å². The molecule has 0 radical (unpaired) electrons. The predicted octanol–water partition coefficient (Wildman–Crippen LogP) is 1.89. The van der Waals surface area contributed by atoms with Gasteiger partial charge in [-0.3, -0.25) is 24.2 Å². The first kappa shape index (κ1) is 24.2. The van der Waals surface area contributed by atoms with Crippen LogP contribution in [-0.2, 0) is 14.4 Å². The quantitative estimate of drug-likeness (QED) is 0.642. The van der Waals surface area contributed by atoms with Crippen LogP contribution in [0.2, 0.25) is 0 Å². The lowest BCUT2D eigenvalue weighted by molar-refractivity contribution is -0.141. The molecular weight excluding hydrogens is 434 g/mol. The summed E-state index contributed by atoms with van der Waals surface area (Å²) < 4.78 is 0. The lowest BCUT2D eigenvalue weighted by atomic mass is 9.73. The summed E-state index contributed by atoms with van der Waals surface area (Å²) in [7, 11) is 0. The van der Waals surface area contributed by atoms with E-state index in [1.165, 1.54) is 0 Å². The summed E-state index contributed by atoms with van der Waals surface area (Å²) in [5.41, 5.74) is 2.14. The van der Waals surface area contributed by atoms with Crippen LogP contribution in [-0.4, -0.2) is 83.3 Å². The maximum atomic E-state index is 13.1. The first-order chi connectivity index (χ1) is 16.2. The number of urea groups is 1. The number of nitrogens with zero attached hydrogens (tertiary/aromatic N) is 3. The van der Waals surface area contributed by atoms with E-state index in [1.54, 1.807) is 4.90 Å². The molecule has 9 nitrogen and oxygen atoms in total. The molecule has 1 saturated carbocycles. The minimum atomic E-state index is -0.850. The van der Waals surface area contributed by atoms with Crippen molar-refractivity contribution in [3.8, 4) is 0 Å². The molecule has 2 aliphatic heterocycles. The number of carbonyl (C=O) groups excluding carboxylic acids is 4. The highest BCUT2D eigenvalue weighted by atomic mass is 16.2. The topological polar surface area (TPSA) is 102 Å². The number of hydrogen-bond donors (Lipinski definition) is 2. The number of imide groups is 1. The van der Waals surface area contributed by atoms with Crippen LogP contribution in [0.25, 0.3) is 0 Å². The van der Waals surface area contributed by atoms with Crippen molar-refractivity contribution in [2.75, 3.05) is 44.6 Å². The van der Waals surface area contributed by atoms with Gasteiger partial charge in [0.15, 0.2) is 0 Å². The fourth-order valence-electron chi connectivity index (χ4n) is 5.31. The summed E-state index contributed by atoms with van der Waals surface area (Å²) >= 11 is 0. The molecule has 9 heteroatoms. The number of carbonyl (C=O) groups is 4. The number of hydrogen-bond acceptors (Lipinski definition) is 5. The molecule has 2 saturated heterocycles. The van der Waals surface area contributed by atoms with E-state index in [1.807, 2.05) is 43.9 Å². The van der Waals surface area contributed by atoms with Gasteiger partial charge in [-0.1, -0.05) is 31.9 Å². The lowest BCUT2D eigenvalue weighted by Gasteiger charge is -2.37. The highest BCUT2D eigenvalue weighted by Crippen LogP contribution is 2.38. The minimum absolute atomic E-state index is 0.0658. The molecule has 0 aromatic heterocycles. The molecule has 0 unspecified atom stereocenters. The zero-order valence-corrected chi connectivity index (χ0v) is 20.4. The van der Waals surface area contributed by atoms with E-state index in [-0.39, 0.29) is 36.7 Å². The van der Waals surface area contributed by atoms with Gasteiger partial charge in [0.05, 0.1) is 6.54 Å². The van der Waals surface area contributed by atoms with E-state index in [0.717, 1.165) is 41.0 Å². The predicted molar refractivity (Wildman–Crippen MR) is 128 cm³/mol. The van der Waals surface area contributed by atoms with Crippen LogP contribution in [0, 0.1) is 19.8 Å². The third-order valence-electron chi connectivity index (χ3n) is 7.77. The molecule has 1 aliphatic carbocycles. The number of nitrogens with one attached hydrogen (secondary N) is 2. The van der Waals surface area contributed by atoms with Crippen molar-refractivity contribution in [1.29, 1.82) is 0 Å². The maximum Gasteiger partial charge on any atom is 0.325 e. The molecule has 0 bridgehead atoms. The second-order valence-corrected chi connectivity index (χ2v) is 9.89. The van der Waals surface area contributed by atoms with Gasteiger partial charge in [-0.2, -0.15) is 0 Å². The molecule has 2 heterocycles. The second kappa shape index (κ2) is 9.74. The average molecular weight is 470 g/mol. The van der Waals surface area contributed by atoms with Crippen LogP contribution in [0.4, 0.5) is 10.5 Å². The summed E-state index contributed by atoms with van der Waals surface area (Å²) in [6.45, 7) is 8.06. The van der Waals surface area contributed by atoms with Crippen molar-refractivity contribution >= 4 is 29.4 Å². The summed E-state index contributed by atoms with van der Waals surface area (Å²) in [4.78, 5) is 55.9. The van der Waals surface area contributed by atoms with Crippen LogP contribution in [0.5, 0.6) is 0 Å². The first-order valence-electron chi connectivity index (χ1n) is 12.2. The molecular formula is C25H35N5O4. The molecule has 3 fully saturated rings. The molecule has 2 atom stereocenters. The SMILES string of the molecule is Cc1cccc(NC(=O)CN2CCN(C(=O)CN3C(=O)N[C@]4(CCCC[C@H]4C)C3=O)CC2)c1C. The number of amides is 5. The Morgan fingerprint density at radius 2 is 1.82 bits per heavy atom. The smallest absolute Gasteiger partial charge is 0.325 e. The van der Waals surface area contributed by atoms with Crippen molar-refractivity contribution in [3.63, 3.8) is 0 Å². The van der Waals surface area contributed by atoms with Crippen molar-refractivity contribution < 1.29 is 19.2 Å². The Bertz CT molecular complexity index is 988. The van der Waals surface area contributed by atoms with E-state index >= 15 is 0 Å². The normalized spacial score (nSPS) is 25.6. The Kier molecular flexibility index (Phi) is 6.93. The van der Waals surface area contributed by atoms with Crippen LogP contribution < -0.4 is 10.6 Å². The van der Waals surface area contributed by atoms with Gasteiger partial charge in [-0.05, 0) is 49.8 Å². The van der Waals surface area contributed by atoms with Crippen molar-refractivity contribution in [1.82, 2.24) is 20.0 Å². The molecule has 1 spiro atoms.